The van der Waals surface area contributed by atoms with Gasteiger partial charge >= 0.3 is 0 Å². The summed E-state index contributed by atoms with van der Waals surface area (Å²) in [5.41, 5.74) is 0. The van der Waals surface area contributed by atoms with Crippen molar-refractivity contribution in [3.05, 3.63) is 12.4 Å². The molecule has 1 aromatic rings. The smallest absolute Gasteiger partial charge is 0.264 e. The zero-order chi connectivity index (χ0) is 10.8. The maximum atomic E-state index is 10.9. The molecule has 5 nitrogen and oxygen atoms in total. The molecule has 0 radical (unpaired) electrons. The summed E-state index contributed by atoms with van der Waals surface area (Å²) >= 11 is 0. The lowest BCUT2D eigenvalue weighted by Gasteiger charge is -2.08. The van der Waals surface area contributed by atoms with Crippen LogP contribution in [0.5, 0.6) is 0 Å². The molecule has 0 aliphatic heterocycles. The van der Waals surface area contributed by atoms with Crippen molar-refractivity contribution in [3.63, 3.8) is 0 Å². The summed E-state index contributed by atoms with van der Waals surface area (Å²) in [6, 6.07) is 0. The van der Waals surface area contributed by atoms with E-state index in [1.54, 1.807) is 7.11 Å². The molecule has 0 aliphatic carbocycles. The molecule has 0 fully saturated rings. The van der Waals surface area contributed by atoms with Gasteiger partial charge in [0.05, 0.1) is 18.8 Å². The first-order valence-corrected chi connectivity index (χ1v) is 6.24. The highest BCUT2D eigenvalue weighted by Crippen LogP contribution is 2.13. The zero-order valence-corrected chi connectivity index (χ0v) is 9.42. The number of hydrogen-bond acceptors (Lipinski definition) is 4. The fraction of sp³-hybridized carbons (Fsp3) is 0.571. The van der Waals surface area contributed by atoms with Gasteiger partial charge in [-0.15, -0.1) is 0 Å². The normalized spacial score (nSPS) is 14.2. The van der Waals surface area contributed by atoms with Gasteiger partial charge in [-0.05, 0) is 6.92 Å². The Labute approximate surface area is 87.0 Å². The van der Waals surface area contributed by atoms with Crippen LogP contribution in [0.1, 0.15) is 6.92 Å². The van der Waals surface area contributed by atoms with Crippen molar-refractivity contribution in [3.8, 4) is 0 Å². The summed E-state index contributed by atoms with van der Waals surface area (Å²) in [4.78, 5) is 0.00229. The van der Waals surface area contributed by atoms with E-state index in [9.17, 15) is 8.42 Å². The Bertz CT molecular complexity index is 401. The molecule has 0 saturated heterocycles. The molecule has 0 spiro atoms. The summed E-state index contributed by atoms with van der Waals surface area (Å²) in [5, 5.41) is 3.84. The van der Waals surface area contributed by atoms with E-state index >= 15 is 0 Å². The van der Waals surface area contributed by atoms with Gasteiger partial charge in [-0.1, -0.05) is 0 Å². The summed E-state index contributed by atoms with van der Waals surface area (Å²) in [6.45, 7) is 2.35. The third-order valence-electron chi connectivity index (χ3n) is 1.74. The number of hydrogen-bond donors (Lipinski definition) is 0. The average molecular weight is 239 g/mol. The highest BCUT2D eigenvalue weighted by Gasteiger charge is 2.13. The third-order valence-corrected chi connectivity index (χ3v) is 3.05. The van der Waals surface area contributed by atoms with Gasteiger partial charge in [0.1, 0.15) is 4.90 Å². The minimum atomic E-state index is -3.68. The van der Waals surface area contributed by atoms with Gasteiger partial charge in [0.15, 0.2) is 0 Å². The number of methoxy groups -OCH3 is 1. The summed E-state index contributed by atoms with van der Waals surface area (Å²) in [6.07, 6.45) is 2.56. The number of ether oxygens (including phenoxy) is 1. The van der Waals surface area contributed by atoms with E-state index in [1.807, 2.05) is 6.92 Å². The third kappa shape index (κ3) is 2.97. The minimum absolute atomic E-state index is 0.00229. The lowest BCUT2D eigenvalue weighted by atomic mass is 10.4. The molecule has 7 heteroatoms. The second kappa shape index (κ2) is 4.29. The largest absolute Gasteiger partial charge is 0.380 e. The number of aromatic nitrogens is 2. The first-order chi connectivity index (χ1) is 6.43. The Kier molecular flexibility index (Phi) is 3.52. The molecule has 80 valence electrons. The zero-order valence-electron chi connectivity index (χ0n) is 7.84. The van der Waals surface area contributed by atoms with Crippen molar-refractivity contribution >= 4 is 19.7 Å². The fourth-order valence-corrected chi connectivity index (χ4v) is 1.57. The topological polar surface area (TPSA) is 61.2 Å². The van der Waals surface area contributed by atoms with Crippen LogP contribution >= 0.6 is 10.7 Å². The van der Waals surface area contributed by atoms with Gasteiger partial charge in [0, 0.05) is 24.0 Å². The molecule has 0 amide bonds. The van der Waals surface area contributed by atoms with Crippen LogP contribution in [0.4, 0.5) is 0 Å². The van der Waals surface area contributed by atoms with Gasteiger partial charge in [-0.25, -0.2) is 8.42 Å². The van der Waals surface area contributed by atoms with Crippen molar-refractivity contribution in [2.45, 2.75) is 24.5 Å². The first-order valence-electron chi connectivity index (χ1n) is 3.93. The molecule has 1 rings (SSSR count). The van der Waals surface area contributed by atoms with Gasteiger partial charge in [0.25, 0.3) is 9.05 Å². The van der Waals surface area contributed by atoms with Crippen LogP contribution in [-0.4, -0.2) is 31.4 Å². The monoisotopic (exact) mass is 238 g/mol. The van der Waals surface area contributed by atoms with Crippen molar-refractivity contribution < 1.29 is 13.2 Å². The number of nitrogens with zero attached hydrogens (tertiary/aromatic N) is 2. The van der Waals surface area contributed by atoms with Crippen molar-refractivity contribution in [2.24, 2.45) is 0 Å². The van der Waals surface area contributed by atoms with Crippen LogP contribution in [0, 0.1) is 0 Å². The number of halogens is 1. The molecule has 0 aliphatic rings. The van der Waals surface area contributed by atoms with Gasteiger partial charge in [-0.3, -0.25) is 4.68 Å². The Morgan fingerprint density at radius 3 is 2.79 bits per heavy atom. The van der Waals surface area contributed by atoms with Gasteiger partial charge in [-0.2, -0.15) is 5.10 Å². The molecule has 0 bridgehead atoms. The molecule has 0 N–H and O–H groups in total. The van der Waals surface area contributed by atoms with E-state index in [1.165, 1.54) is 17.1 Å². The van der Waals surface area contributed by atoms with E-state index in [0.29, 0.717) is 6.54 Å². The lowest BCUT2D eigenvalue weighted by Crippen LogP contribution is -2.14. The molecule has 0 saturated carbocycles. The predicted molar refractivity (Wildman–Crippen MR) is 51.7 cm³/mol. The summed E-state index contributed by atoms with van der Waals surface area (Å²) < 4.78 is 28.2. The first kappa shape index (κ1) is 11.5. The Balaban J connectivity index is 2.79. The molecule has 14 heavy (non-hydrogen) atoms. The highest BCUT2D eigenvalue weighted by atomic mass is 35.7. The Morgan fingerprint density at radius 1 is 1.71 bits per heavy atom. The highest BCUT2D eigenvalue weighted by molar-refractivity contribution is 8.13. The second-order valence-corrected chi connectivity index (χ2v) is 5.45. The SMILES string of the molecule is CO[C@@H](C)Cn1cc(S(=O)(=O)Cl)cn1. The maximum Gasteiger partial charge on any atom is 0.264 e. The standard InChI is InChI=1S/C7H11ClN2O3S/c1-6(13-2)4-10-5-7(3-9-10)14(8,11)12/h3,5-6H,4H2,1-2H3/t6-/m0/s1. The van der Waals surface area contributed by atoms with E-state index in [-0.39, 0.29) is 11.0 Å². The molecular formula is C7H11ClN2O3S. The van der Waals surface area contributed by atoms with Crippen molar-refractivity contribution in [2.75, 3.05) is 7.11 Å². The molecular weight excluding hydrogens is 228 g/mol. The minimum Gasteiger partial charge on any atom is -0.380 e. The molecule has 0 unspecified atom stereocenters. The molecule has 1 atom stereocenters. The van der Waals surface area contributed by atoms with E-state index in [0.717, 1.165) is 0 Å². The second-order valence-electron chi connectivity index (χ2n) is 2.88. The Hall–Kier alpha value is -0.590. The van der Waals surface area contributed by atoms with Crippen LogP contribution in [0.25, 0.3) is 0 Å². The van der Waals surface area contributed by atoms with Gasteiger partial charge < -0.3 is 4.74 Å². The maximum absolute atomic E-state index is 10.9. The van der Waals surface area contributed by atoms with Crippen molar-refractivity contribution in [1.82, 2.24) is 9.78 Å². The van der Waals surface area contributed by atoms with E-state index in [4.69, 9.17) is 15.4 Å². The summed E-state index contributed by atoms with van der Waals surface area (Å²) in [7, 11) is 3.03. The average Bonchev–Trinajstić information content (AvgIpc) is 2.51. The quantitative estimate of drug-likeness (QED) is 0.730. The van der Waals surface area contributed by atoms with Crippen LogP contribution in [0.3, 0.4) is 0 Å². The van der Waals surface area contributed by atoms with Crippen molar-refractivity contribution in [1.29, 1.82) is 0 Å². The van der Waals surface area contributed by atoms with Crippen LogP contribution < -0.4 is 0 Å². The van der Waals surface area contributed by atoms with Crippen LogP contribution in [0.2, 0.25) is 0 Å². The molecule has 0 aromatic carbocycles. The van der Waals surface area contributed by atoms with Crippen LogP contribution in [-0.2, 0) is 20.3 Å². The van der Waals surface area contributed by atoms with E-state index < -0.39 is 9.05 Å². The molecule has 1 heterocycles. The summed E-state index contributed by atoms with van der Waals surface area (Å²) in [5.74, 6) is 0. The fourth-order valence-electron chi connectivity index (χ4n) is 0.908. The molecule has 1 aromatic heterocycles. The van der Waals surface area contributed by atoms with E-state index in [2.05, 4.69) is 5.10 Å². The predicted octanol–water partition coefficient (Wildman–Crippen LogP) is 0.846. The lowest BCUT2D eigenvalue weighted by molar-refractivity contribution is 0.0997. The van der Waals surface area contributed by atoms with Gasteiger partial charge in [0.2, 0.25) is 0 Å². The van der Waals surface area contributed by atoms with Crippen LogP contribution in [0.15, 0.2) is 17.3 Å². The Morgan fingerprint density at radius 2 is 2.36 bits per heavy atom. The number of rotatable bonds is 4.